The molecule has 0 saturated carbocycles. The van der Waals surface area contributed by atoms with E-state index in [1.165, 1.54) is 12.1 Å². The Balaban J connectivity index is 2.46. The lowest BCUT2D eigenvalue weighted by Gasteiger charge is -2.08. The van der Waals surface area contributed by atoms with Crippen molar-refractivity contribution in [2.24, 2.45) is 0 Å². The van der Waals surface area contributed by atoms with Gasteiger partial charge in [-0.2, -0.15) is 5.26 Å². The monoisotopic (exact) mass is 352 g/mol. The third-order valence-electron chi connectivity index (χ3n) is 2.40. The Bertz CT molecular complexity index is 728. The highest BCUT2D eigenvalue weighted by atomic mass is 79.9. The molecule has 0 fully saturated rings. The summed E-state index contributed by atoms with van der Waals surface area (Å²) in [4.78, 5) is 10.4. The lowest BCUT2D eigenvalue weighted by Crippen LogP contribution is -1.94. The molecule has 0 aliphatic carbocycles. The van der Waals surface area contributed by atoms with Gasteiger partial charge in [0.2, 0.25) is 5.75 Å². The molecule has 0 spiro atoms. The van der Waals surface area contributed by atoms with Gasteiger partial charge >= 0.3 is 5.69 Å². The smallest absolute Gasteiger partial charge is 0.312 e. The van der Waals surface area contributed by atoms with E-state index in [9.17, 15) is 10.1 Å². The number of ether oxygens (including phenoxy) is 1. The normalized spacial score (nSPS) is 9.85. The van der Waals surface area contributed by atoms with Crippen molar-refractivity contribution in [1.82, 2.24) is 0 Å². The molecule has 20 heavy (non-hydrogen) atoms. The van der Waals surface area contributed by atoms with Crippen LogP contribution in [-0.2, 0) is 0 Å². The van der Waals surface area contributed by atoms with E-state index in [2.05, 4.69) is 15.9 Å². The molecule has 0 saturated heterocycles. The summed E-state index contributed by atoms with van der Waals surface area (Å²) in [5, 5.41) is 20.1. The summed E-state index contributed by atoms with van der Waals surface area (Å²) in [5.41, 5.74) is -0.107. The van der Waals surface area contributed by atoms with Crippen LogP contribution in [0.4, 0.5) is 5.69 Å². The molecule has 7 heteroatoms. The van der Waals surface area contributed by atoms with Gasteiger partial charge in [-0.3, -0.25) is 10.1 Å². The molecule has 0 aliphatic heterocycles. The number of nitro benzene ring substituents is 1. The first-order chi connectivity index (χ1) is 9.51. The van der Waals surface area contributed by atoms with E-state index in [0.29, 0.717) is 5.02 Å². The largest absolute Gasteiger partial charge is 0.449 e. The maximum Gasteiger partial charge on any atom is 0.312 e. The van der Waals surface area contributed by atoms with Crippen LogP contribution in [0.25, 0.3) is 0 Å². The minimum Gasteiger partial charge on any atom is -0.449 e. The second kappa shape index (κ2) is 5.90. The number of halogens is 2. The van der Waals surface area contributed by atoms with E-state index < -0.39 is 4.92 Å². The third-order valence-corrected chi connectivity index (χ3v) is 3.20. The highest BCUT2D eigenvalue weighted by Crippen LogP contribution is 2.36. The van der Waals surface area contributed by atoms with E-state index in [1.807, 2.05) is 6.07 Å². The molecule has 0 atom stereocenters. The van der Waals surface area contributed by atoms with Crippen molar-refractivity contribution in [2.45, 2.75) is 0 Å². The molecule has 0 bridgehead atoms. The Morgan fingerprint density at radius 2 is 2.00 bits per heavy atom. The van der Waals surface area contributed by atoms with E-state index in [-0.39, 0.29) is 22.7 Å². The summed E-state index contributed by atoms with van der Waals surface area (Å²) in [6.45, 7) is 0. The summed E-state index contributed by atoms with van der Waals surface area (Å²) >= 11 is 9.23. The Labute approximate surface area is 127 Å². The minimum atomic E-state index is -0.609. The van der Waals surface area contributed by atoms with Gasteiger partial charge in [0.05, 0.1) is 21.6 Å². The van der Waals surface area contributed by atoms with Crippen molar-refractivity contribution in [1.29, 1.82) is 5.26 Å². The first-order valence-corrected chi connectivity index (χ1v) is 6.50. The quantitative estimate of drug-likeness (QED) is 0.593. The summed E-state index contributed by atoms with van der Waals surface area (Å²) in [7, 11) is 0. The first-order valence-electron chi connectivity index (χ1n) is 5.32. The predicted octanol–water partition coefficient (Wildman–Crippen LogP) is 4.67. The molecule has 0 aromatic heterocycles. The molecule has 0 N–H and O–H groups in total. The maximum atomic E-state index is 11.0. The van der Waals surface area contributed by atoms with Crippen LogP contribution < -0.4 is 4.74 Å². The van der Waals surface area contributed by atoms with Gasteiger partial charge in [-0.1, -0.05) is 27.5 Å². The summed E-state index contributed by atoms with van der Waals surface area (Å²) in [5.74, 6) is 0.308. The minimum absolute atomic E-state index is 0.0222. The molecule has 0 heterocycles. The number of hydrogen-bond acceptors (Lipinski definition) is 4. The standard InChI is InChI=1S/C13H6BrClN2O3/c14-9-2-3-10(15)13(6-9)20-12-4-1-8(7-16)5-11(12)17(18)19/h1-6H. The van der Waals surface area contributed by atoms with Crippen LogP contribution in [0.5, 0.6) is 11.5 Å². The van der Waals surface area contributed by atoms with E-state index >= 15 is 0 Å². The Kier molecular flexibility index (Phi) is 4.23. The average molecular weight is 354 g/mol. The van der Waals surface area contributed by atoms with Gasteiger partial charge in [0.1, 0.15) is 5.75 Å². The highest BCUT2D eigenvalue weighted by molar-refractivity contribution is 9.10. The Morgan fingerprint density at radius 1 is 1.25 bits per heavy atom. The second-order valence-corrected chi connectivity index (χ2v) is 5.05. The number of nitro groups is 1. The molecular formula is C13H6BrClN2O3. The van der Waals surface area contributed by atoms with Crippen molar-refractivity contribution in [3.8, 4) is 17.6 Å². The van der Waals surface area contributed by atoms with Gasteiger partial charge in [-0.25, -0.2) is 0 Å². The van der Waals surface area contributed by atoms with Crippen molar-refractivity contribution in [3.63, 3.8) is 0 Å². The van der Waals surface area contributed by atoms with Crippen LogP contribution in [0.15, 0.2) is 40.9 Å². The molecular weight excluding hydrogens is 348 g/mol. The number of nitriles is 1. The number of nitrogens with zero attached hydrogens (tertiary/aromatic N) is 2. The summed E-state index contributed by atoms with van der Waals surface area (Å²) in [6, 6.07) is 10.7. The van der Waals surface area contributed by atoms with Gasteiger partial charge < -0.3 is 4.74 Å². The Hall–Kier alpha value is -2.10. The molecule has 2 rings (SSSR count). The summed E-state index contributed by atoms with van der Waals surface area (Å²) < 4.78 is 6.20. The topological polar surface area (TPSA) is 76.2 Å². The fourth-order valence-corrected chi connectivity index (χ4v) is 1.99. The molecule has 2 aromatic rings. The second-order valence-electron chi connectivity index (χ2n) is 3.73. The zero-order chi connectivity index (χ0) is 14.7. The molecule has 5 nitrogen and oxygen atoms in total. The number of rotatable bonds is 3. The maximum absolute atomic E-state index is 11.0. The SMILES string of the molecule is N#Cc1ccc(Oc2cc(Br)ccc2Cl)c([N+](=O)[O-])c1. The van der Waals surface area contributed by atoms with E-state index in [0.717, 1.165) is 10.5 Å². The van der Waals surface area contributed by atoms with Crippen molar-refractivity contribution in [3.05, 3.63) is 61.6 Å². The van der Waals surface area contributed by atoms with Crippen LogP contribution >= 0.6 is 27.5 Å². The zero-order valence-electron chi connectivity index (χ0n) is 9.84. The molecule has 0 radical (unpaired) electrons. The van der Waals surface area contributed by atoms with Crippen LogP contribution in [0.3, 0.4) is 0 Å². The summed E-state index contributed by atoms with van der Waals surface area (Å²) in [6.07, 6.45) is 0. The van der Waals surface area contributed by atoms with Crippen molar-refractivity contribution >= 4 is 33.2 Å². The molecule has 100 valence electrons. The fraction of sp³-hybridized carbons (Fsp3) is 0. The third kappa shape index (κ3) is 3.07. The van der Waals surface area contributed by atoms with Crippen molar-refractivity contribution in [2.75, 3.05) is 0 Å². The average Bonchev–Trinajstić information content (AvgIpc) is 2.43. The van der Waals surface area contributed by atoms with Crippen LogP contribution in [0, 0.1) is 21.4 Å². The van der Waals surface area contributed by atoms with Gasteiger partial charge in [-0.05, 0) is 30.3 Å². The Morgan fingerprint density at radius 3 is 2.65 bits per heavy atom. The molecule has 0 unspecified atom stereocenters. The number of hydrogen-bond donors (Lipinski definition) is 0. The predicted molar refractivity (Wildman–Crippen MR) is 77.0 cm³/mol. The van der Waals surface area contributed by atoms with Gasteiger partial charge in [0, 0.05) is 10.5 Å². The van der Waals surface area contributed by atoms with Crippen molar-refractivity contribution < 1.29 is 9.66 Å². The number of benzene rings is 2. The first kappa shape index (κ1) is 14.3. The molecule has 2 aromatic carbocycles. The van der Waals surface area contributed by atoms with Gasteiger partial charge in [0.15, 0.2) is 0 Å². The zero-order valence-corrected chi connectivity index (χ0v) is 12.2. The fourth-order valence-electron chi connectivity index (χ4n) is 1.49. The van der Waals surface area contributed by atoms with E-state index in [4.69, 9.17) is 21.6 Å². The molecule has 0 amide bonds. The van der Waals surface area contributed by atoms with Crippen LogP contribution in [0.1, 0.15) is 5.56 Å². The lowest BCUT2D eigenvalue weighted by molar-refractivity contribution is -0.385. The lowest BCUT2D eigenvalue weighted by atomic mass is 10.2. The van der Waals surface area contributed by atoms with E-state index in [1.54, 1.807) is 18.2 Å². The highest BCUT2D eigenvalue weighted by Gasteiger charge is 2.18. The van der Waals surface area contributed by atoms with Crippen LogP contribution in [0.2, 0.25) is 5.02 Å². The van der Waals surface area contributed by atoms with Crippen LogP contribution in [-0.4, -0.2) is 4.92 Å². The van der Waals surface area contributed by atoms with Gasteiger partial charge in [0.25, 0.3) is 0 Å². The van der Waals surface area contributed by atoms with Gasteiger partial charge in [-0.15, -0.1) is 0 Å². The molecule has 0 aliphatic rings.